The summed E-state index contributed by atoms with van der Waals surface area (Å²) in [5.74, 6) is -3.11. The maximum atomic E-state index is 11.8. The van der Waals surface area contributed by atoms with Crippen molar-refractivity contribution in [3.8, 4) is 11.1 Å². The Bertz CT molecular complexity index is 779. The van der Waals surface area contributed by atoms with Gasteiger partial charge in [-0.1, -0.05) is 24.3 Å². The first kappa shape index (κ1) is 17.4. The standard InChI is InChI=1S/C17H17NO6/c1-2-24-17(15(20)21,16(22)23)10-11-5-7-12(8-6-11)13-4-3-9-18-14(13)19/h3-9H,2,10H2,1H3,(H,18,19)(H,20,21)(H,22,23). The number of H-pyrrole nitrogens is 1. The van der Waals surface area contributed by atoms with E-state index in [0.29, 0.717) is 16.7 Å². The van der Waals surface area contributed by atoms with Crippen LogP contribution in [0.3, 0.4) is 0 Å². The first-order valence-electron chi connectivity index (χ1n) is 7.28. The number of pyridine rings is 1. The van der Waals surface area contributed by atoms with Crippen molar-refractivity contribution in [3.63, 3.8) is 0 Å². The third kappa shape index (κ3) is 3.36. The molecule has 0 atom stereocenters. The van der Waals surface area contributed by atoms with Gasteiger partial charge in [-0.15, -0.1) is 0 Å². The minimum absolute atomic E-state index is 0.0456. The molecule has 0 aliphatic heterocycles. The van der Waals surface area contributed by atoms with Gasteiger partial charge >= 0.3 is 11.9 Å². The Morgan fingerprint density at radius 2 is 1.75 bits per heavy atom. The highest BCUT2D eigenvalue weighted by atomic mass is 16.5. The van der Waals surface area contributed by atoms with Gasteiger partial charge in [0, 0.05) is 24.8 Å². The second-order valence-electron chi connectivity index (χ2n) is 5.16. The largest absolute Gasteiger partial charge is 0.479 e. The molecule has 2 rings (SSSR count). The van der Waals surface area contributed by atoms with Crippen molar-refractivity contribution in [2.75, 3.05) is 6.61 Å². The van der Waals surface area contributed by atoms with Crippen LogP contribution in [0.25, 0.3) is 11.1 Å². The number of aromatic amines is 1. The maximum Gasteiger partial charge on any atom is 0.348 e. The van der Waals surface area contributed by atoms with Crippen LogP contribution in [0.15, 0.2) is 47.4 Å². The summed E-state index contributed by atoms with van der Waals surface area (Å²) in [5, 5.41) is 18.6. The van der Waals surface area contributed by atoms with Gasteiger partial charge in [-0.05, 0) is 30.2 Å². The van der Waals surface area contributed by atoms with Crippen molar-refractivity contribution in [1.82, 2.24) is 4.98 Å². The highest BCUT2D eigenvalue weighted by Crippen LogP contribution is 2.22. The van der Waals surface area contributed by atoms with E-state index >= 15 is 0 Å². The number of nitrogens with one attached hydrogen (secondary N) is 1. The van der Waals surface area contributed by atoms with Crippen LogP contribution < -0.4 is 5.56 Å². The predicted octanol–water partition coefficient (Wildman–Crippen LogP) is 1.53. The van der Waals surface area contributed by atoms with Crippen LogP contribution in [-0.2, 0) is 20.7 Å². The van der Waals surface area contributed by atoms with E-state index in [-0.39, 0.29) is 18.6 Å². The lowest BCUT2D eigenvalue weighted by molar-refractivity contribution is -0.182. The van der Waals surface area contributed by atoms with E-state index in [2.05, 4.69) is 4.98 Å². The first-order valence-corrected chi connectivity index (χ1v) is 7.28. The molecule has 1 aromatic carbocycles. The van der Waals surface area contributed by atoms with E-state index in [9.17, 15) is 24.6 Å². The molecule has 0 saturated heterocycles. The van der Waals surface area contributed by atoms with Gasteiger partial charge in [0.05, 0.1) is 0 Å². The second-order valence-corrected chi connectivity index (χ2v) is 5.16. The number of aromatic nitrogens is 1. The van der Waals surface area contributed by atoms with E-state index in [4.69, 9.17) is 4.74 Å². The summed E-state index contributed by atoms with van der Waals surface area (Å²) < 4.78 is 5.04. The van der Waals surface area contributed by atoms with E-state index in [1.54, 1.807) is 36.4 Å². The number of carboxylic acid groups (broad SMARTS) is 2. The fourth-order valence-electron chi connectivity index (χ4n) is 2.40. The lowest BCUT2D eigenvalue weighted by atomic mass is 9.93. The lowest BCUT2D eigenvalue weighted by Gasteiger charge is -2.24. The predicted molar refractivity (Wildman–Crippen MR) is 85.8 cm³/mol. The zero-order chi connectivity index (χ0) is 17.7. The zero-order valence-electron chi connectivity index (χ0n) is 13.0. The van der Waals surface area contributed by atoms with Crippen LogP contribution >= 0.6 is 0 Å². The third-order valence-electron chi connectivity index (χ3n) is 3.62. The van der Waals surface area contributed by atoms with Gasteiger partial charge in [0.2, 0.25) is 0 Å². The summed E-state index contributed by atoms with van der Waals surface area (Å²) in [6.07, 6.45) is 1.20. The molecule has 126 valence electrons. The Labute approximate surface area is 137 Å². The van der Waals surface area contributed by atoms with Gasteiger partial charge < -0.3 is 19.9 Å². The van der Waals surface area contributed by atoms with E-state index in [1.807, 2.05) is 0 Å². The summed E-state index contributed by atoms with van der Waals surface area (Å²) in [5.41, 5.74) is -0.986. The average molecular weight is 331 g/mol. The molecule has 0 saturated carbocycles. The number of hydrogen-bond donors (Lipinski definition) is 3. The average Bonchev–Trinajstić information content (AvgIpc) is 2.55. The van der Waals surface area contributed by atoms with E-state index < -0.39 is 17.5 Å². The number of hydrogen-bond acceptors (Lipinski definition) is 4. The summed E-state index contributed by atoms with van der Waals surface area (Å²) in [6, 6.07) is 9.80. The van der Waals surface area contributed by atoms with Gasteiger partial charge in [0.1, 0.15) is 0 Å². The van der Waals surface area contributed by atoms with E-state index in [0.717, 1.165) is 0 Å². The molecule has 0 spiro atoms. The summed E-state index contributed by atoms with van der Waals surface area (Å²) in [6.45, 7) is 1.49. The normalized spacial score (nSPS) is 11.2. The molecule has 0 radical (unpaired) electrons. The molecule has 7 heteroatoms. The Kier molecular flexibility index (Phi) is 5.15. The number of rotatable bonds is 7. The highest BCUT2D eigenvalue weighted by molar-refractivity contribution is 6.02. The van der Waals surface area contributed by atoms with Crippen molar-refractivity contribution in [2.24, 2.45) is 0 Å². The second kappa shape index (κ2) is 7.10. The van der Waals surface area contributed by atoms with Crippen molar-refractivity contribution in [1.29, 1.82) is 0 Å². The molecule has 0 unspecified atom stereocenters. The van der Waals surface area contributed by atoms with Gasteiger partial charge in [-0.2, -0.15) is 0 Å². The van der Waals surface area contributed by atoms with Crippen molar-refractivity contribution >= 4 is 11.9 Å². The molecule has 0 bridgehead atoms. The van der Waals surface area contributed by atoms with Crippen LogP contribution in [0.4, 0.5) is 0 Å². The molecular formula is C17H17NO6. The van der Waals surface area contributed by atoms with Crippen molar-refractivity contribution in [2.45, 2.75) is 18.9 Å². The SMILES string of the molecule is CCOC(Cc1ccc(-c2ccc[nH]c2=O)cc1)(C(=O)O)C(=O)O. The maximum absolute atomic E-state index is 11.8. The van der Waals surface area contributed by atoms with Gasteiger partial charge in [-0.25, -0.2) is 9.59 Å². The zero-order valence-corrected chi connectivity index (χ0v) is 13.0. The monoisotopic (exact) mass is 331 g/mol. The smallest absolute Gasteiger partial charge is 0.348 e. The third-order valence-corrected chi connectivity index (χ3v) is 3.62. The van der Waals surface area contributed by atoms with E-state index in [1.165, 1.54) is 13.1 Å². The van der Waals surface area contributed by atoms with Crippen LogP contribution in [0.5, 0.6) is 0 Å². The molecule has 0 amide bonds. The minimum atomic E-state index is -2.33. The molecule has 0 fully saturated rings. The summed E-state index contributed by atoms with van der Waals surface area (Å²) >= 11 is 0. The number of aliphatic carboxylic acids is 2. The first-order chi connectivity index (χ1) is 11.4. The Hall–Kier alpha value is -2.93. The van der Waals surface area contributed by atoms with Crippen LogP contribution in [-0.4, -0.2) is 39.3 Å². The topological polar surface area (TPSA) is 117 Å². The summed E-state index contributed by atoms with van der Waals surface area (Å²) in [4.78, 5) is 37.2. The number of carbonyl (C=O) groups is 2. The highest BCUT2D eigenvalue weighted by Gasteiger charge is 2.48. The van der Waals surface area contributed by atoms with Gasteiger partial charge in [0.25, 0.3) is 11.2 Å². The Morgan fingerprint density at radius 3 is 2.25 bits per heavy atom. The molecule has 2 aromatic rings. The van der Waals surface area contributed by atoms with Gasteiger partial charge in [0.15, 0.2) is 0 Å². The molecule has 1 heterocycles. The lowest BCUT2D eigenvalue weighted by Crippen LogP contribution is -2.51. The molecule has 0 aliphatic carbocycles. The minimum Gasteiger partial charge on any atom is -0.479 e. The molecular weight excluding hydrogens is 314 g/mol. The van der Waals surface area contributed by atoms with Crippen LogP contribution in [0.1, 0.15) is 12.5 Å². The summed E-state index contributed by atoms with van der Waals surface area (Å²) in [7, 11) is 0. The van der Waals surface area contributed by atoms with Gasteiger partial charge in [-0.3, -0.25) is 4.79 Å². The molecule has 0 aliphatic rings. The quantitative estimate of drug-likeness (QED) is 0.662. The Balaban J connectivity index is 2.33. The number of ether oxygens (including phenoxy) is 1. The Morgan fingerprint density at radius 1 is 1.12 bits per heavy atom. The molecule has 1 aromatic heterocycles. The fraction of sp³-hybridized carbons (Fsp3) is 0.235. The van der Waals surface area contributed by atoms with Crippen molar-refractivity contribution < 1.29 is 24.5 Å². The van der Waals surface area contributed by atoms with Crippen LogP contribution in [0, 0.1) is 0 Å². The fourth-order valence-corrected chi connectivity index (χ4v) is 2.40. The molecule has 7 nitrogen and oxygen atoms in total. The number of carboxylic acids is 2. The number of benzene rings is 1. The molecule has 24 heavy (non-hydrogen) atoms. The van der Waals surface area contributed by atoms with Crippen molar-refractivity contribution in [3.05, 3.63) is 58.5 Å². The molecule has 3 N–H and O–H groups in total. The van der Waals surface area contributed by atoms with Crippen LogP contribution in [0.2, 0.25) is 0 Å².